The van der Waals surface area contributed by atoms with E-state index in [0.29, 0.717) is 5.02 Å². The number of carbonyl (C=O) groups excluding carboxylic acids is 1. The standard InChI is InChI=1S/C8H9ClN2O2/c1-13-8(12)7-5(10)2-4(9)3-6(7)11/h2-3H,10-11H2,1H3. The van der Waals surface area contributed by atoms with Crippen molar-refractivity contribution in [3.8, 4) is 0 Å². The SMILES string of the molecule is COC(=O)c1c(N)cc(Cl)cc1N. The van der Waals surface area contributed by atoms with Crippen LogP contribution in [0.25, 0.3) is 0 Å². The maximum Gasteiger partial charge on any atom is 0.342 e. The van der Waals surface area contributed by atoms with Gasteiger partial charge in [0.15, 0.2) is 0 Å². The fourth-order valence-corrected chi connectivity index (χ4v) is 1.22. The van der Waals surface area contributed by atoms with Crippen molar-refractivity contribution in [3.63, 3.8) is 0 Å². The molecule has 5 heteroatoms. The van der Waals surface area contributed by atoms with Crippen LogP contribution in [-0.4, -0.2) is 13.1 Å². The molecule has 1 aromatic carbocycles. The second-order valence-electron chi connectivity index (χ2n) is 2.45. The van der Waals surface area contributed by atoms with Crippen molar-refractivity contribution in [2.24, 2.45) is 0 Å². The zero-order valence-corrected chi connectivity index (χ0v) is 7.76. The Morgan fingerprint density at radius 1 is 1.38 bits per heavy atom. The van der Waals surface area contributed by atoms with Gasteiger partial charge in [0.2, 0.25) is 0 Å². The molecule has 0 radical (unpaired) electrons. The Kier molecular flexibility index (Phi) is 2.63. The third-order valence-electron chi connectivity index (χ3n) is 1.55. The predicted molar refractivity (Wildman–Crippen MR) is 51.6 cm³/mol. The van der Waals surface area contributed by atoms with Gasteiger partial charge in [-0.05, 0) is 12.1 Å². The van der Waals surface area contributed by atoms with E-state index in [1.54, 1.807) is 0 Å². The second-order valence-corrected chi connectivity index (χ2v) is 2.89. The van der Waals surface area contributed by atoms with Gasteiger partial charge in [0, 0.05) is 16.4 Å². The van der Waals surface area contributed by atoms with Crippen molar-refractivity contribution in [2.75, 3.05) is 18.6 Å². The third kappa shape index (κ3) is 1.84. The summed E-state index contributed by atoms with van der Waals surface area (Å²) in [6.07, 6.45) is 0. The van der Waals surface area contributed by atoms with E-state index in [1.807, 2.05) is 0 Å². The van der Waals surface area contributed by atoms with Gasteiger partial charge in [-0.15, -0.1) is 0 Å². The summed E-state index contributed by atoms with van der Waals surface area (Å²) in [5, 5.41) is 0.391. The predicted octanol–water partition coefficient (Wildman–Crippen LogP) is 1.29. The zero-order chi connectivity index (χ0) is 10.0. The summed E-state index contributed by atoms with van der Waals surface area (Å²) < 4.78 is 4.50. The first-order chi connectivity index (χ1) is 6.06. The maximum absolute atomic E-state index is 11.1. The van der Waals surface area contributed by atoms with Crippen molar-refractivity contribution in [3.05, 3.63) is 22.7 Å². The zero-order valence-electron chi connectivity index (χ0n) is 7.00. The van der Waals surface area contributed by atoms with E-state index < -0.39 is 5.97 Å². The lowest BCUT2D eigenvalue weighted by Crippen LogP contribution is -2.09. The molecule has 0 atom stereocenters. The minimum Gasteiger partial charge on any atom is -0.465 e. The molecule has 0 aliphatic rings. The van der Waals surface area contributed by atoms with E-state index in [4.69, 9.17) is 23.1 Å². The molecule has 0 aromatic heterocycles. The molecule has 0 aliphatic heterocycles. The Hall–Kier alpha value is -1.42. The van der Waals surface area contributed by atoms with Crippen molar-refractivity contribution in [1.82, 2.24) is 0 Å². The minimum absolute atomic E-state index is 0.159. The molecule has 0 spiro atoms. The molecular weight excluding hydrogens is 192 g/mol. The highest BCUT2D eigenvalue weighted by molar-refractivity contribution is 6.31. The number of nitrogens with two attached hydrogens (primary N) is 2. The van der Waals surface area contributed by atoms with Crippen molar-refractivity contribution in [1.29, 1.82) is 0 Å². The molecule has 0 saturated heterocycles. The summed E-state index contributed by atoms with van der Waals surface area (Å²) in [6.45, 7) is 0. The fraction of sp³-hybridized carbons (Fsp3) is 0.125. The van der Waals surface area contributed by atoms with Crippen LogP contribution < -0.4 is 11.5 Å². The molecule has 0 heterocycles. The fourth-order valence-electron chi connectivity index (χ4n) is 0.988. The number of methoxy groups -OCH3 is 1. The van der Waals surface area contributed by atoms with Crippen molar-refractivity contribution < 1.29 is 9.53 Å². The molecule has 1 aromatic rings. The van der Waals surface area contributed by atoms with Gasteiger partial charge in [-0.25, -0.2) is 4.79 Å². The van der Waals surface area contributed by atoms with E-state index in [0.717, 1.165) is 0 Å². The second kappa shape index (κ2) is 3.53. The Morgan fingerprint density at radius 2 is 1.85 bits per heavy atom. The van der Waals surface area contributed by atoms with Gasteiger partial charge < -0.3 is 16.2 Å². The molecule has 4 N–H and O–H groups in total. The summed E-state index contributed by atoms with van der Waals surface area (Å²) in [5.74, 6) is -0.563. The average molecular weight is 201 g/mol. The Morgan fingerprint density at radius 3 is 2.23 bits per heavy atom. The van der Waals surface area contributed by atoms with Gasteiger partial charge >= 0.3 is 5.97 Å². The number of esters is 1. The van der Waals surface area contributed by atoms with Gasteiger partial charge in [-0.2, -0.15) is 0 Å². The summed E-state index contributed by atoms with van der Waals surface area (Å²) in [4.78, 5) is 11.1. The number of hydrogen-bond donors (Lipinski definition) is 2. The molecule has 0 bridgehead atoms. The van der Waals surface area contributed by atoms with Crippen LogP contribution >= 0.6 is 11.6 Å². The first-order valence-corrected chi connectivity index (χ1v) is 3.87. The largest absolute Gasteiger partial charge is 0.465 e. The van der Waals surface area contributed by atoms with Gasteiger partial charge in [0.05, 0.1) is 7.11 Å². The van der Waals surface area contributed by atoms with Crippen LogP contribution in [0, 0.1) is 0 Å². The summed E-state index contributed by atoms with van der Waals surface area (Å²) in [5.41, 5.74) is 11.7. The van der Waals surface area contributed by atoms with E-state index in [1.165, 1.54) is 19.2 Å². The molecule has 0 amide bonds. The van der Waals surface area contributed by atoms with Crippen molar-refractivity contribution in [2.45, 2.75) is 0 Å². The van der Waals surface area contributed by atoms with Crippen LogP contribution in [-0.2, 0) is 4.74 Å². The maximum atomic E-state index is 11.1. The molecule has 0 aliphatic carbocycles. The van der Waals surface area contributed by atoms with E-state index in [-0.39, 0.29) is 16.9 Å². The summed E-state index contributed by atoms with van der Waals surface area (Å²) in [6, 6.07) is 2.90. The number of ether oxygens (including phenoxy) is 1. The highest BCUT2D eigenvalue weighted by Gasteiger charge is 2.14. The highest BCUT2D eigenvalue weighted by Crippen LogP contribution is 2.25. The monoisotopic (exact) mass is 200 g/mol. The van der Waals surface area contributed by atoms with E-state index >= 15 is 0 Å². The third-order valence-corrected chi connectivity index (χ3v) is 1.77. The first kappa shape index (κ1) is 9.67. The number of rotatable bonds is 1. The number of hydrogen-bond acceptors (Lipinski definition) is 4. The smallest absolute Gasteiger partial charge is 0.342 e. The quantitative estimate of drug-likeness (QED) is 0.529. The molecule has 0 saturated carbocycles. The number of halogens is 1. The van der Waals surface area contributed by atoms with Crippen LogP contribution in [0.5, 0.6) is 0 Å². The first-order valence-electron chi connectivity index (χ1n) is 3.49. The van der Waals surface area contributed by atoms with Crippen LogP contribution in [0.3, 0.4) is 0 Å². The lowest BCUT2D eigenvalue weighted by atomic mass is 10.1. The molecule has 1 rings (SSSR count). The normalized spacial score (nSPS) is 9.69. The molecule has 70 valence electrons. The molecular formula is C8H9ClN2O2. The molecule has 0 unspecified atom stereocenters. The van der Waals surface area contributed by atoms with Crippen LogP contribution in [0.1, 0.15) is 10.4 Å². The van der Waals surface area contributed by atoms with Crippen molar-refractivity contribution >= 4 is 28.9 Å². The minimum atomic E-state index is -0.563. The Labute approximate surface area is 80.4 Å². The number of nitrogen functional groups attached to an aromatic ring is 2. The lowest BCUT2D eigenvalue weighted by molar-refractivity contribution is 0.0603. The average Bonchev–Trinajstić information content (AvgIpc) is 2.02. The summed E-state index contributed by atoms with van der Waals surface area (Å²) >= 11 is 5.66. The van der Waals surface area contributed by atoms with Gasteiger partial charge in [-0.3, -0.25) is 0 Å². The molecule has 13 heavy (non-hydrogen) atoms. The van der Waals surface area contributed by atoms with Gasteiger partial charge in [-0.1, -0.05) is 11.6 Å². The van der Waals surface area contributed by atoms with E-state index in [9.17, 15) is 4.79 Å². The number of anilines is 2. The van der Waals surface area contributed by atoms with Gasteiger partial charge in [0.25, 0.3) is 0 Å². The van der Waals surface area contributed by atoms with Crippen LogP contribution in [0.2, 0.25) is 5.02 Å². The van der Waals surface area contributed by atoms with E-state index in [2.05, 4.69) is 4.74 Å². The van der Waals surface area contributed by atoms with Crippen LogP contribution in [0.4, 0.5) is 11.4 Å². The highest BCUT2D eigenvalue weighted by atomic mass is 35.5. The number of benzene rings is 1. The Balaban J connectivity index is 3.28. The lowest BCUT2D eigenvalue weighted by Gasteiger charge is -2.07. The molecule has 4 nitrogen and oxygen atoms in total. The molecule has 0 fully saturated rings. The van der Waals surface area contributed by atoms with Crippen LogP contribution in [0.15, 0.2) is 12.1 Å². The topological polar surface area (TPSA) is 78.3 Å². The summed E-state index contributed by atoms with van der Waals surface area (Å²) in [7, 11) is 1.26. The number of carbonyl (C=O) groups is 1. The van der Waals surface area contributed by atoms with Gasteiger partial charge in [0.1, 0.15) is 5.56 Å². The Bertz CT molecular complexity index is 329.